The van der Waals surface area contributed by atoms with E-state index in [1.165, 1.54) is 19.3 Å². The quantitative estimate of drug-likeness (QED) is 0.878. The van der Waals surface area contributed by atoms with Gasteiger partial charge in [-0.25, -0.2) is 0 Å². The Morgan fingerprint density at radius 3 is 2.48 bits per heavy atom. The number of ether oxygens (including phenoxy) is 1. The number of carbonyl (C=O) groups excluding carboxylic acids is 1. The Morgan fingerprint density at radius 2 is 1.87 bits per heavy atom. The summed E-state index contributed by atoms with van der Waals surface area (Å²) >= 11 is 0. The third-order valence-electron chi connectivity index (χ3n) is 5.30. The number of hydrogen-bond acceptors (Lipinski definition) is 3. The van der Waals surface area contributed by atoms with E-state index in [0.29, 0.717) is 36.9 Å². The molecule has 2 fully saturated rings. The van der Waals surface area contributed by atoms with E-state index in [9.17, 15) is 4.79 Å². The van der Waals surface area contributed by atoms with E-state index in [-0.39, 0.29) is 5.91 Å². The lowest BCUT2D eigenvalue weighted by Crippen LogP contribution is -2.54. The van der Waals surface area contributed by atoms with E-state index in [1.54, 1.807) is 0 Å². The molecule has 2 unspecified atom stereocenters. The predicted octanol–water partition coefficient (Wildman–Crippen LogP) is 2.65. The van der Waals surface area contributed by atoms with Gasteiger partial charge < -0.3 is 15.8 Å². The highest BCUT2D eigenvalue weighted by atomic mass is 16.5. The van der Waals surface area contributed by atoms with Crippen molar-refractivity contribution >= 4 is 5.91 Å². The number of nitrogens with one attached hydrogen (secondary N) is 1. The lowest BCUT2D eigenvalue weighted by atomic mass is 9.67. The second-order valence-corrected chi connectivity index (χ2v) is 7.03. The van der Waals surface area contributed by atoms with Crippen LogP contribution in [0.1, 0.15) is 44.6 Å². The van der Waals surface area contributed by atoms with Gasteiger partial charge in [-0.3, -0.25) is 4.79 Å². The summed E-state index contributed by atoms with van der Waals surface area (Å²) in [6.07, 6.45) is 6.26. The van der Waals surface area contributed by atoms with Crippen LogP contribution in [0, 0.1) is 11.8 Å². The van der Waals surface area contributed by atoms with Gasteiger partial charge in [0.15, 0.2) is 0 Å². The third kappa shape index (κ3) is 4.05. The van der Waals surface area contributed by atoms with Crippen LogP contribution >= 0.6 is 0 Å². The van der Waals surface area contributed by atoms with E-state index in [4.69, 9.17) is 10.5 Å². The van der Waals surface area contributed by atoms with Crippen molar-refractivity contribution in [3.63, 3.8) is 0 Å². The lowest BCUT2D eigenvalue weighted by Gasteiger charge is -2.45. The molecule has 2 saturated carbocycles. The Bertz CT molecular complexity index is 515. The summed E-state index contributed by atoms with van der Waals surface area (Å²) in [7, 11) is 0. The molecule has 3 rings (SSSR count). The Balaban J connectivity index is 1.56. The monoisotopic (exact) mass is 316 g/mol. The molecule has 0 aromatic heterocycles. The number of nitrogens with two attached hydrogens (primary N) is 1. The van der Waals surface area contributed by atoms with Crippen LogP contribution in [-0.4, -0.2) is 24.6 Å². The standard InChI is InChI=1S/C19H28N2O2/c1-2-23-17-8-6-13(7-9-17)10-18(22)21-19-14-4-3-5-15(19)12-16(20)11-14/h6-9,14-16,19H,2-5,10-12,20H2,1H3,(H,21,22). The van der Waals surface area contributed by atoms with Gasteiger partial charge in [-0.05, 0) is 62.1 Å². The Labute approximate surface area is 138 Å². The normalized spacial score (nSPS) is 29.8. The fourth-order valence-electron chi connectivity index (χ4n) is 4.32. The largest absolute Gasteiger partial charge is 0.494 e. The molecule has 0 spiro atoms. The molecule has 0 heterocycles. The van der Waals surface area contributed by atoms with Crippen molar-refractivity contribution in [1.29, 1.82) is 0 Å². The first-order valence-electron chi connectivity index (χ1n) is 8.92. The fourth-order valence-corrected chi connectivity index (χ4v) is 4.32. The molecule has 23 heavy (non-hydrogen) atoms. The molecule has 1 aromatic rings. The van der Waals surface area contributed by atoms with Crippen LogP contribution in [0.3, 0.4) is 0 Å². The molecular formula is C19H28N2O2. The summed E-state index contributed by atoms with van der Waals surface area (Å²) in [6.45, 7) is 2.63. The third-order valence-corrected chi connectivity index (χ3v) is 5.30. The van der Waals surface area contributed by atoms with Crippen molar-refractivity contribution in [3.05, 3.63) is 29.8 Å². The van der Waals surface area contributed by atoms with Gasteiger partial charge in [0, 0.05) is 12.1 Å². The average molecular weight is 316 g/mol. The van der Waals surface area contributed by atoms with Crippen LogP contribution in [0.4, 0.5) is 0 Å². The summed E-state index contributed by atoms with van der Waals surface area (Å²) in [5, 5.41) is 3.30. The van der Waals surface area contributed by atoms with Gasteiger partial charge in [-0.2, -0.15) is 0 Å². The second-order valence-electron chi connectivity index (χ2n) is 7.03. The molecule has 2 aliphatic carbocycles. The zero-order valence-electron chi connectivity index (χ0n) is 14.0. The molecular weight excluding hydrogens is 288 g/mol. The summed E-state index contributed by atoms with van der Waals surface area (Å²) < 4.78 is 5.44. The molecule has 1 amide bonds. The molecule has 2 aliphatic rings. The lowest BCUT2D eigenvalue weighted by molar-refractivity contribution is -0.122. The summed E-state index contributed by atoms with van der Waals surface area (Å²) in [5.74, 6) is 2.13. The highest BCUT2D eigenvalue weighted by molar-refractivity contribution is 5.79. The zero-order valence-corrected chi connectivity index (χ0v) is 14.0. The van der Waals surface area contributed by atoms with Crippen molar-refractivity contribution < 1.29 is 9.53 Å². The first kappa shape index (κ1) is 16.3. The second kappa shape index (κ2) is 7.35. The van der Waals surface area contributed by atoms with E-state index in [0.717, 1.165) is 24.2 Å². The van der Waals surface area contributed by atoms with E-state index >= 15 is 0 Å². The number of rotatable bonds is 5. The minimum Gasteiger partial charge on any atom is -0.494 e. The van der Waals surface area contributed by atoms with Crippen molar-refractivity contribution in [3.8, 4) is 5.75 Å². The highest BCUT2D eigenvalue weighted by Crippen LogP contribution is 2.39. The van der Waals surface area contributed by atoms with Gasteiger partial charge in [0.05, 0.1) is 13.0 Å². The minimum absolute atomic E-state index is 0.131. The Hall–Kier alpha value is -1.55. The molecule has 2 bridgehead atoms. The molecule has 0 aliphatic heterocycles. The molecule has 0 radical (unpaired) electrons. The maximum atomic E-state index is 12.4. The van der Waals surface area contributed by atoms with Gasteiger partial charge >= 0.3 is 0 Å². The van der Waals surface area contributed by atoms with Crippen molar-refractivity contribution in [2.24, 2.45) is 17.6 Å². The van der Waals surface area contributed by atoms with Crippen molar-refractivity contribution in [1.82, 2.24) is 5.32 Å². The van der Waals surface area contributed by atoms with Gasteiger partial charge in [-0.1, -0.05) is 18.6 Å². The molecule has 3 N–H and O–H groups in total. The summed E-state index contributed by atoms with van der Waals surface area (Å²) in [5.41, 5.74) is 7.19. The number of amides is 1. The molecule has 4 heteroatoms. The molecule has 4 nitrogen and oxygen atoms in total. The van der Waals surface area contributed by atoms with E-state index < -0.39 is 0 Å². The maximum Gasteiger partial charge on any atom is 0.224 e. The van der Waals surface area contributed by atoms with Gasteiger partial charge in [0.25, 0.3) is 0 Å². The van der Waals surface area contributed by atoms with Crippen LogP contribution in [0.2, 0.25) is 0 Å². The molecule has 0 saturated heterocycles. The number of fused-ring (bicyclic) bond motifs is 2. The van der Waals surface area contributed by atoms with Crippen LogP contribution in [-0.2, 0) is 11.2 Å². The van der Waals surface area contributed by atoms with Gasteiger partial charge in [-0.15, -0.1) is 0 Å². The summed E-state index contributed by atoms with van der Waals surface area (Å²) in [6, 6.07) is 8.47. The zero-order chi connectivity index (χ0) is 16.2. The maximum absolute atomic E-state index is 12.4. The SMILES string of the molecule is CCOc1ccc(CC(=O)NC2C3CCCC2CC(N)C3)cc1. The highest BCUT2D eigenvalue weighted by Gasteiger charge is 2.39. The number of carbonyl (C=O) groups is 1. The topological polar surface area (TPSA) is 64.3 Å². The van der Waals surface area contributed by atoms with E-state index in [1.807, 2.05) is 31.2 Å². The van der Waals surface area contributed by atoms with Crippen molar-refractivity contribution in [2.75, 3.05) is 6.61 Å². The fraction of sp³-hybridized carbons (Fsp3) is 0.632. The molecule has 126 valence electrons. The van der Waals surface area contributed by atoms with E-state index in [2.05, 4.69) is 5.32 Å². The smallest absolute Gasteiger partial charge is 0.224 e. The predicted molar refractivity (Wildman–Crippen MR) is 91.3 cm³/mol. The molecule has 2 atom stereocenters. The Morgan fingerprint density at radius 1 is 1.22 bits per heavy atom. The minimum atomic E-state index is 0.131. The van der Waals surface area contributed by atoms with Crippen LogP contribution in [0.15, 0.2) is 24.3 Å². The number of hydrogen-bond donors (Lipinski definition) is 2. The summed E-state index contributed by atoms with van der Waals surface area (Å²) in [4.78, 5) is 12.4. The van der Waals surface area contributed by atoms with Gasteiger partial charge in [0.2, 0.25) is 5.91 Å². The van der Waals surface area contributed by atoms with Crippen molar-refractivity contribution in [2.45, 2.75) is 57.5 Å². The molecule has 1 aromatic carbocycles. The van der Waals surface area contributed by atoms with Gasteiger partial charge in [0.1, 0.15) is 5.75 Å². The van der Waals surface area contributed by atoms with Crippen LogP contribution in [0.25, 0.3) is 0 Å². The average Bonchev–Trinajstić information content (AvgIpc) is 2.50. The number of benzene rings is 1. The van der Waals surface area contributed by atoms with Crippen LogP contribution < -0.4 is 15.8 Å². The van der Waals surface area contributed by atoms with Crippen LogP contribution in [0.5, 0.6) is 5.75 Å². The first-order chi connectivity index (χ1) is 11.2. The Kier molecular flexibility index (Phi) is 5.21. The first-order valence-corrected chi connectivity index (χ1v) is 8.92.